The number of amides is 1. The summed E-state index contributed by atoms with van der Waals surface area (Å²) in [5.74, 6) is -0.0600. The van der Waals surface area contributed by atoms with Gasteiger partial charge in [0, 0.05) is 24.7 Å². The van der Waals surface area contributed by atoms with Crippen LogP contribution in [0, 0.1) is 0 Å². The molecule has 0 saturated heterocycles. The fourth-order valence-electron chi connectivity index (χ4n) is 2.63. The molecule has 0 bridgehead atoms. The quantitative estimate of drug-likeness (QED) is 0.759. The first-order valence-electron chi connectivity index (χ1n) is 8.43. The lowest BCUT2D eigenvalue weighted by molar-refractivity contribution is -0.116. The van der Waals surface area contributed by atoms with Gasteiger partial charge in [0.15, 0.2) is 0 Å². The minimum atomic E-state index is -3.54. The van der Waals surface area contributed by atoms with E-state index in [0.717, 1.165) is 24.8 Å². The first kappa shape index (κ1) is 18.1. The highest BCUT2D eigenvalue weighted by Crippen LogP contribution is 2.34. The molecule has 7 heteroatoms. The van der Waals surface area contributed by atoms with Crippen LogP contribution in [0.25, 0.3) is 0 Å². The number of nitrogens with one attached hydrogen (secondary N) is 1. The van der Waals surface area contributed by atoms with Crippen molar-refractivity contribution in [3.8, 4) is 0 Å². The minimum Gasteiger partial charge on any atom is -0.326 e. The Labute approximate surface area is 152 Å². The van der Waals surface area contributed by atoms with Crippen molar-refractivity contribution in [1.29, 1.82) is 0 Å². The molecule has 0 radical (unpaired) electrons. The molecule has 0 aliphatic heterocycles. The molecule has 1 aromatic heterocycles. The number of thiophene rings is 1. The lowest BCUT2D eigenvalue weighted by atomic mass is 10.3. The Kier molecular flexibility index (Phi) is 5.56. The van der Waals surface area contributed by atoms with Crippen molar-refractivity contribution in [3.63, 3.8) is 0 Å². The monoisotopic (exact) mass is 378 g/mol. The second-order valence-electron chi connectivity index (χ2n) is 6.24. The van der Waals surface area contributed by atoms with Crippen LogP contribution in [0.4, 0.5) is 5.69 Å². The van der Waals surface area contributed by atoms with Crippen molar-refractivity contribution >= 4 is 33.0 Å². The number of sulfonamides is 1. The number of carbonyl (C=O) groups excluding carboxylic acids is 1. The number of hydrogen-bond acceptors (Lipinski definition) is 4. The number of carbonyl (C=O) groups is 1. The van der Waals surface area contributed by atoms with E-state index >= 15 is 0 Å². The Hall–Kier alpha value is -1.70. The molecule has 1 aromatic carbocycles. The van der Waals surface area contributed by atoms with E-state index in [2.05, 4.69) is 5.32 Å². The Morgan fingerprint density at radius 3 is 2.52 bits per heavy atom. The average Bonchev–Trinajstić information content (AvgIpc) is 3.28. The van der Waals surface area contributed by atoms with Gasteiger partial charge in [-0.15, -0.1) is 0 Å². The van der Waals surface area contributed by atoms with Gasteiger partial charge in [0.1, 0.15) is 0 Å². The first-order valence-corrected chi connectivity index (χ1v) is 10.8. The third kappa shape index (κ3) is 4.48. The van der Waals surface area contributed by atoms with E-state index in [1.807, 2.05) is 23.8 Å². The molecule has 1 heterocycles. The molecule has 0 unspecified atom stereocenters. The average molecular weight is 379 g/mol. The van der Waals surface area contributed by atoms with E-state index in [4.69, 9.17) is 0 Å². The van der Waals surface area contributed by atoms with Gasteiger partial charge in [0.05, 0.1) is 4.90 Å². The molecule has 134 valence electrons. The maximum Gasteiger partial charge on any atom is 0.243 e. The standard InChI is InChI=1S/C18H22N2O3S2/c1-2-3-18(21)19-15-4-8-17(9-5-15)25(22,23)20(16-6-7-16)12-14-10-11-24-13-14/h4-5,8-11,13,16H,2-3,6-7,12H2,1H3,(H,19,21). The van der Waals surface area contributed by atoms with Crippen molar-refractivity contribution < 1.29 is 13.2 Å². The molecule has 1 saturated carbocycles. The maximum atomic E-state index is 13.0. The Morgan fingerprint density at radius 2 is 1.96 bits per heavy atom. The zero-order valence-electron chi connectivity index (χ0n) is 14.1. The van der Waals surface area contributed by atoms with Gasteiger partial charge in [-0.2, -0.15) is 15.6 Å². The molecule has 0 spiro atoms. The van der Waals surface area contributed by atoms with E-state index in [0.29, 0.717) is 18.7 Å². The zero-order valence-corrected chi connectivity index (χ0v) is 15.8. The fraction of sp³-hybridized carbons (Fsp3) is 0.389. The van der Waals surface area contributed by atoms with Crippen LogP contribution in [0.1, 0.15) is 38.2 Å². The molecule has 25 heavy (non-hydrogen) atoms. The number of benzene rings is 1. The molecule has 2 aromatic rings. The van der Waals surface area contributed by atoms with Crippen molar-refractivity contribution in [2.24, 2.45) is 0 Å². The third-order valence-electron chi connectivity index (χ3n) is 4.09. The normalized spacial score (nSPS) is 14.6. The Morgan fingerprint density at radius 1 is 1.24 bits per heavy atom. The van der Waals surface area contributed by atoms with Crippen LogP contribution >= 0.6 is 11.3 Å². The van der Waals surface area contributed by atoms with E-state index in [1.165, 1.54) is 0 Å². The van der Waals surface area contributed by atoms with Gasteiger partial charge in [-0.25, -0.2) is 8.42 Å². The molecule has 1 amide bonds. The SMILES string of the molecule is CCCC(=O)Nc1ccc(S(=O)(=O)N(Cc2ccsc2)C2CC2)cc1. The topological polar surface area (TPSA) is 66.5 Å². The van der Waals surface area contributed by atoms with E-state index in [1.54, 1.807) is 39.9 Å². The van der Waals surface area contributed by atoms with Crippen LogP contribution in [0.5, 0.6) is 0 Å². The van der Waals surface area contributed by atoms with Gasteiger partial charge in [0.25, 0.3) is 0 Å². The van der Waals surface area contributed by atoms with Gasteiger partial charge in [-0.1, -0.05) is 6.92 Å². The van der Waals surface area contributed by atoms with Crippen LogP contribution in [-0.2, 0) is 21.4 Å². The largest absolute Gasteiger partial charge is 0.326 e. The van der Waals surface area contributed by atoms with Gasteiger partial charge in [0.2, 0.25) is 15.9 Å². The van der Waals surface area contributed by atoms with Gasteiger partial charge < -0.3 is 5.32 Å². The van der Waals surface area contributed by atoms with E-state index in [-0.39, 0.29) is 16.8 Å². The minimum absolute atomic E-state index is 0.0600. The maximum absolute atomic E-state index is 13.0. The highest BCUT2D eigenvalue weighted by molar-refractivity contribution is 7.89. The summed E-state index contributed by atoms with van der Waals surface area (Å²) in [6.07, 6.45) is 3.05. The van der Waals surface area contributed by atoms with Gasteiger partial charge in [-0.05, 0) is 65.9 Å². The second-order valence-corrected chi connectivity index (χ2v) is 8.91. The van der Waals surface area contributed by atoms with Crippen molar-refractivity contribution in [2.45, 2.75) is 50.1 Å². The summed E-state index contributed by atoms with van der Waals surface area (Å²) in [4.78, 5) is 11.9. The molecule has 1 aliphatic rings. The Balaban J connectivity index is 1.77. The van der Waals surface area contributed by atoms with Crippen molar-refractivity contribution in [3.05, 3.63) is 46.7 Å². The van der Waals surface area contributed by atoms with Crippen LogP contribution in [0.2, 0.25) is 0 Å². The summed E-state index contributed by atoms with van der Waals surface area (Å²) in [6.45, 7) is 2.35. The summed E-state index contributed by atoms with van der Waals surface area (Å²) in [5, 5.41) is 6.72. The lowest BCUT2D eigenvalue weighted by Crippen LogP contribution is -2.32. The van der Waals surface area contributed by atoms with Crippen LogP contribution in [0.3, 0.4) is 0 Å². The molecular formula is C18H22N2O3S2. The molecule has 5 nitrogen and oxygen atoms in total. The van der Waals surface area contributed by atoms with E-state index < -0.39 is 10.0 Å². The summed E-state index contributed by atoms with van der Waals surface area (Å²) >= 11 is 1.57. The van der Waals surface area contributed by atoms with Gasteiger partial charge in [-0.3, -0.25) is 4.79 Å². The zero-order chi connectivity index (χ0) is 17.9. The highest BCUT2D eigenvalue weighted by Gasteiger charge is 2.38. The number of anilines is 1. The molecule has 1 N–H and O–H groups in total. The van der Waals surface area contributed by atoms with Crippen molar-refractivity contribution in [1.82, 2.24) is 4.31 Å². The smallest absolute Gasteiger partial charge is 0.243 e. The third-order valence-corrected chi connectivity index (χ3v) is 6.74. The Bertz CT molecular complexity index is 811. The summed E-state index contributed by atoms with van der Waals surface area (Å²) in [5.41, 5.74) is 1.64. The summed E-state index contributed by atoms with van der Waals surface area (Å²) in [7, 11) is -3.54. The van der Waals surface area contributed by atoms with Gasteiger partial charge >= 0.3 is 0 Å². The molecule has 1 aliphatic carbocycles. The predicted octanol–water partition coefficient (Wildman–Crippen LogP) is 3.84. The predicted molar refractivity (Wildman–Crippen MR) is 100 cm³/mol. The summed E-state index contributed by atoms with van der Waals surface area (Å²) in [6, 6.07) is 8.49. The van der Waals surface area contributed by atoms with Crippen molar-refractivity contribution in [2.75, 3.05) is 5.32 Å². The fourth-order valence-corrected chi connectivity index (χ4v) is 4.96. The second kappa shape index (κ2) is 7.68. The first-order chi connectivity index (χ1) is 12.0. The van der Waals surface area contributed by atoms with E-state index in [9.17, 15) is 13.2 Å². The van der Waals surface area contributed by atoms with Crippen LogP contribution in [0.15, 0.2) is 46.0 Å². The number of hydrogen-bond donors (Lipinski definition) is 1. The van der Waals surface area contributed by atoms with Crippen LogP contribution in [-0.4, -0.2) is 24.7 Å². The van der Waals surface area contributed by atoms with Crippen LogP contribution < -0.4 is 5.32 Å². The lowest BCUT2D eigenvalue weighted by Gasteiger charge is -2.21. The molecule has 0 atom stereocenters. The summed E-state index contributed by atoms with van der Waals surface area (Å²) < 4.78 is 27.6. The number of nitrogens with zero attached hydrogens (tertiary/aromatic N) is 1. The molecule has 1 fully saturated rings. The number of rotatable bonds is 8. The molecule has 3 rings (SSSR count). The highest BCUT2D eigenvalue weighted by atomic mass is 32.2. The molecular weight excluding hydrogens is 356 g/mol.